The van der Waals surface area contributed by atoms with E-state index in [1.165, 1.54) is 6.92 Å². The Morgan fingerprint density at radius 2 is 1.76 bits per heavy atom. The Kier molecular flexibility index (Phi) is 3.59. The number of ether oxygens (including phenoxy) is 1. The average molecular weight is 291 g/mol. The first-order chi connectivity index (χ1) is 8.16. The first-order valence-corrected chi connectivity index (χ1v) is 5.99. The standard InChI is InChI=1S/C14H11BrO2/c1-10(16)13-9-12(7-8-14(13)15)17-11-5-3-2-4-6-11/h2-9H,1H3. The lowest BCUT2D eigenvalue weighted by Gasteiger charge is -2.07. The van der Waals surface area contributed by atoms with Crippen LogP contribution < -0.4 is 4.74 Å². The van der Waals surface area contributed by atoms with E-state index in [9.17, 15) is 4.79 Å². The van der Waals surface area contributed by atoms with Crippen LogP contribution in [-0.2, 0) is 0 Å². The maximum atomic E-state index is 11.4. The minimum absolute atomic E-state index is 0.00962. The van der Waals surface area contributed by atoms with E-state index in [1.54, 1.807) is 6.07 Å². The Hall–Kier alpha value is -1.61. The number of rotatable bonds is 3. The van der Waals surface area contributed by atoms with Crippen molar-refractivity contribution < 1.29 is 9.53 Å². The average Bonchev–Trinajstić information content (AvgIpc) is 2.32. The molecule has 86 valence electrons. The number of halogens is 1. The molecule has 2 aromatic carbocycles. The van der Waals surface area contributed by atoms with Crippen LogP contribution in [0.1, 0.15) is 17.3 Å². The molecule has 2 rings (SSSR count). The second-order valence-corrected chi connectivity index (χ2v) is 4.47. The molecule has 0 bridgehead atoms. The summed E-state index contributed by atoms with van der Waals surface area (Å²) in [5.41, 5.74) is 0.624. The minimum Gasteiger partial charge on any atom is -0.457 e. The van der Waals surface area contributed by atoms with Crippen LogP contribution in [0.2, 0.25) is 0 Å². The highest BCUT2D eigenvalue weighted by molar-refractivity contribution is 9.10. The third kappa shape index (κ3) is 2.94. The zero-order valence-electron chi connectivity index (χ0n) is 9.31. The van der Waals surface area contributed by atoms with Crippen LogP contribution in [0.4, 0.5) is 0 Å². The molecular weight excluding hydrogens is 280 g/mol. The molecule has 0 N–H and O–H groups in total. The van der Waals surface area contributed by atoms with Crippen molar-refractivity contribution in [2.24, 2.45) is 0 Å². The molecule has 0 saturated heterocycles. The van der Waals surface area contributed by atoms with Crippen molar-refractivity contribution in [3.8, 4) is 11.5 Å². The maximum Gasteiger partial charge on any atom is 0.161 e. The van der Waals surface area contributed by atoms with Crippen LogP contribution in [0.25, 0.3) is 0 Å². The molecule has 2 nitrogen and oxygen atoms in total. The molecule has 0 aromatic heterocycles. The number of hydrogen-bond acceptors (Lipinski definition) is 2. The topological polar surface area (TPSA) is 26.3 Å². The van der Waals surface area contributed by atoms with Gasteiger partial charge in [-0.05, 0) is 37.3 Å². The van der Waals surface area contributed by atoms with E-state index in [2.05, 4.69) is 15.9 Å². The Labute approximate surface area is 108 Å². The van der Waals surface area contributed by atoms with E-state index < -0.39 is 0 Å². The van der Waals surface area contributed by atoms with Crippen LogP contribution in [0.5, 0.6) is 11.5 Å². The van der Waals surface area contributed by atoms with Gasteiger partial charge in [-0.15, -0.1) is 0 Å². The second kappa shape index (κ2) is 5.15. The number of benzene rings is 2. The van der Waals surface area contributed by atoms with Crippen molar-refractivity contribution in [2.75, 3.05) is 0 Å². The lowest BCUT2D eigenvalue weighted by atomic mass is 10.1. The summed E-state index contributed by atoms with van der Waals surface area (Å²) in [7, 11) is 0. The predicted molar refractivity (Wildman–Crippen MR) is 70.7 cm³/mol. The molecule has 2 aromatic rings. The molecule has 0 unspecified atom stereocenters. The zero-order valence-corrected chi connectivity index (χ0v) is 10.9. The van der Waals surface area contributed by atoms with E-state index in [1.807, 2.05) is 42.5 Å². The van der Waals surface area contributed by atoms with Crippen molar-refractivity contribution in [1.29, 1.82) is 0 Å². The maximum absolute atomic E-state index is 11.4. The van der Waals surface area contributed by atoms with Crippen molar-refractivity contribution in [3.63, 3.8) is 0 Å². The number of para-hydroxylation sites is 1. The summed E-state index contributed by atoms with van der Waals surface area (Å²) < 4.78 is 6.43. The lowest BCUT2D eigenvalue weighted by Crippen LogP contribution is -1.94. The van der Waals surface area contributed by atoms with Crippen LogP contribution in [0, 0.1) is 0 Å². The summed E-state index contributed by atoms with van der Waals surface area (Å²) in [6.07, 6.45) is 0. The smallest absolute Gasteiger partial charge is 0.161 e. The molecule has 0 aliphatic heterocycles. The monoisotopic (exact) mass is 290 g/mol. The van der Waals surface area contributed by atoms with Crippen LogP contribution in [-0.4, -0.2) is 5.78 Å². The minimum atomic E-state index is 0.00962. The third-order valence-electron chi connectivity index (χ3n) is 2.30. The van der Waals surface area contributed by atoms with Gasteiger partial charge < -0.3 is 4.74 Å². The third-order valence-corrected chi connectivity index (χ3v) is 2.99. The zero-order chi connectivity index (χ0) is 12.3. The van der Waals surface area contributed by atoms with Crippen molar-refractivity contribution in [3.05, 3.63) is 58.6 Å². The lowest BCUT2D eigenvalue weighted by molar-refractivity contribution is 0.101. The normalized spacial score (nSPS) is 10.0. The van der Waals surface area contributed by atoms with Gasteiger partial charge in [-0.25, -0.2) is 0 Å². The van der Waals surface area contributed by atoms with Crippen molar-refractivity contribution >= 4 is 21.7 Å². The van der Waals surface area contributed by atoms with E-state index >= 15 is 0 Å². The Morgan fingerprint density at radius 1 is 1.06 bits per heavy atom. The fraction of sp³-hybridized carbons (Fsp3) is 0.0714. The molecule has 0 atom stereocenters. The van der Waals surface area contributed by atoms with Gasteiger partial charge >= 0.3 is 0 Å². The van der Waals surface area contributed by atoms with Crippen LogP contribution in [0.3, 0.4) is 0 Å². The summed E-state index contributed by atoms with van der Waals surface area (Å²) >= 11 is 3.34. The van der Waals surface area contributed by atoms with E-state index in [0.29, 0.717) is 11.3 Å². The molecule has 0 aliphatic carbocycles. The SMILES string of the molecule is CC(=O)c1cc(Oc2ccccc2)ccc1Br. The first-order valence-electron chi connectivity index (χ1n) is 5.20. The molecule has 0 aliphatic rings. The summed E-state index contributed by atoms with van der Waals surface area (Å²) in [5, 5.41) is 0. The van der Waals surface area contributed by atoms with Crippen LogP contribution >= 0.6 is 15.9 Å². The van der Waals surface area contributed by atoms with Gasteiger partial charge in [0, 0.05) is 10.0 Å². The molecule has 0 heterocycles. The fourth-order valence-electron chi connectivity index (χ4n) is 1.46. The van der Waals surface area contributed by atoms with Gasteiger partial charge in [0.15, 0.2) is 5.78 Å². The van der Waals surface area contributed by atoms with E-state index in [0.717, 1.165) is 10.2 Å². The van der Waals surface area contributed by atoms with Gasteiger partial charge in [-0.3, -0.25) is 4.79 Å². The number of Topliss-reactive ketones (excluding diaryl/α,β-unsaturated/α-hetero) is 1. The van der Waals surface area contributed by atoms with Gasteiger partial charge in [0.25, 0.3) is 0 Å². The largest absolute Gasteiger partial charge is 0.457 e. The van der Waals surface area contributed by atoms with Crippen molar-refractivity contribution in [2.45, 2.75) is 6.92 Å². The number of carbonyl (C=O) groups is 1. The molecular formula is C14H11BrO2. The summed E-state index contributed by atoms with van der Waals surface area (Å²) in [6.45, 7) is 1.53. The molecule has 0 amide bonds. The van der Waals surface area contributed by atoms with Gasteiger partial charge in [0.1, 0.15) is 11.5 Å². The molecule has 0 fully saturated rings. The van der Waals surface area contributed by atoms with Crippen molar-refractivity contribution in [1.82, 2.24) is 0 Å². The number of carbonyl (C=O) groups excluding carboxylic acids is 1. The van der Waals surface area contributed by atoms with Gasteiger partial charge in [0.2, 0.25) is 0 Å². The summed E-state index contributed by atoms with van der Waals surface area (Å²) in [6, 6.07) is 14.8. The first kappa shape index (κ1) is 11.9. The Morgan fingerprint density at radius 3 is 2.41 bits per heavy atom. The molecule has 17 heavy (non-hydrogen) atoms. The Balaban J connectivity index is 2.29. The highest BCUT2D eigenvalue weighted by Crippen LogP contribution is 2.26. The summed E-state index contributed by atoms with van der Waals surface area (Å²) in [5.74, 6) is 1.42. The van der Waals surface area contributed by atoms with Crippen LogP contribution in [0.15, 0.2) is 53.0 Å². The number of hydrogen-bond donors (Lipinski definition) is 0. The second-order valence-electron chi connectivity index (χ2n) is 3.61. The molecule has 0 radical (unpaired) electrons. The van der Waals surface area contributed by atoms with Gasteiger partial charge in [-0.2, -0.15) is 0 Å². The number of ketones is 1. The molecule has 3 heteroatoms. The van der Waals surface area contributed by atoms with Gasteiger partial charge in [0.05, 0.1) is 0 Å². The van der Waals surface area contributed by atoms with E-state index in [-0.39, 0.29) is 5.78 Å². The van der Waals surface area contributed by atoms with E-state index in [4.69, 9.17) is 4.74 Å². The highest BCUT2D eigenvalue weighted by Gasteiger charge is 2.07. The molecule has 0 saturated carbocycles. The Bertz CT molecular complexity index is 535. The molecule has 0 spiro atoms. The fourth-order valence-corrected chi connectivity index (χ4v) is 1.99. The van der Waals surface area contributed by atoms with Gasteiger partial charge in [-0.1, -0.05) is 34.1 Å². The summed E-state index contributed by atoms with van der Waals surface area (Å²) in [4.78, 5) is 11.4. The quantitative estimate of drug-likeness (QED) is 0.781. The highest BCUT2D eigenvalue weighted by atomic mass is 79.9. The predicted octanol–water partition coefficient (Wildman–Crippen LogP) is 4.44.